The van der Waals surface area contributed by atoms with Crippen molar-refractivity contribution in [1.29, 1.82) is 0 Å². The Bertz CT molecular complexity index is 1710. The van der Waals surface area contributed by atoms with E-state index in [9.17, 15) is 4.79 Å². The number of hydrogen-bond acceptors (Lipinski definition) is 6. The molecule has 0 atom stereocenters. The molecule has 194 valence electrons. The van der Waals surface area contributed by atoms with Crippen LogP contribution in [0, 0.1) is 6.92 Å². The molecule has 1 saturated heterocycles. The Morgan fingerprint density at radius 2 is 1.89 bits per heavy atom. The standard InChI is InChI=1S/C29H29N5O4/c1-17-26-25(32-28(29(2)15-38-16-29)34(26)12-11-30-17)18-9-10-20(24(13-18)37-5)31-27(35)22-14-19-21(33(22)3)7-6-8-23(19)36-4/h6-14H,15-16H2,1-5H3,(H,31,35). The van der Waals surface area contributed by atoms with Gasteiger partial charge in [-0.1, -0.05) is 12.1 Å². The number of fused-ring (bicyclic) bond motifs is 2. The van der Waals surface area contributed by atoms with Crippen LogP contribution >= 0.6 is 0 Å². The summed E-state index contributed by atoms with van der Waals surface area (Å²) in [7, 11) is 5.08. The monoisotopic (exact) mass is 511 g/mol. The molecule has 0 unspecified atom stereocenters. The first-order valence-corrected chi connectivity index (χ1v) is 12.4. The number of anilines is 1. The molecule has 1 N–H and O–H groups in total. The van der Waals surface area contributed by atoms with Crippen LogP contribution in [0.5, 0.6) is 11.5 Å². The summed E-state index contributed by atoms with van der Waals surface area (Å²) in [6.45, 7) is 5.39. The topological polar surface area (TPSA) is 91.9 Å². The van der Waals surface area contributed by atoms with Crippen molar-refractivity contribution in [3.63, 3.8) is 0 Å². The lowest BCUT2D eigenvalue weighted by molar-refractivity contribution is -0.0545. The van der Waals surface area contributed by atoms with E-state index < -0.39 is 0 Å². The number of ether oxygens (including phenoxy) is 3. The van der Waals surface area contributed by atoms with Crippen molar-refractivity contribution in [2.24, 2.45) is 7.05 Å². The lowest BCUT2D eigenvalue weighted by atomic mass is 9.88. The van der Waals surface area contributed by atoms with Crippen molar-refractivity contribution in [3.05, 3.63) is 72.1 Å². The third kappa shape index (κ3) is 3.61. The highest BCUT2D eigenvalue weighted by Gasteiger charge is 2.40. The Morgan fingerprint density at radius 1 is 1.11 bits per heavy atom. The molecule has 5 aromatic rings. The van der Waals surface area contributed by atoms with Gasteiger partial charge in [0, 0.05) is 30.4 Å². The summed E-state index contributed by atoms with van der Waals surface area (Å²) >= 11 is 0. The van der Waals surface area contributed by atoms with E-state index in [1.807, 2.05) is 67.2 Å². The van der Waals surface area contributed by atoms with Gasteiger partial charge in [-0.3, -0.25) is 14.2 Å². The summed E-state index contributed by atoms with van der Waals surface area (Å²) in [5.41, 5.74) is 5.34. The Balaban J connectivity index is 1.38. The van der Waals surface area contributed by atoms with Crippen molar-refractivity contribution in [3.8, 4) is 22.8 Å². The Labute approximate surface area is 220 Å². The largest absolute Gasteiger partial charge is 0.496 e. The molecule has 4 heterocycles. The predicted molar refractivity (Wildman–Crippen MR) is 145 cm³/mol. The summed E-state index contributed by atoms with van der Waals surface area (Å²) in [5.74, 6) is 1.96. The Morgan fingerprint density at radius 3 is 2.61 bits per heavy atom. The van der Waals surface area contributed by atoms with Gasteiger partial charge in [-0.25, -0.2) is 4.98 Å². The molecule has 1 amide bonds. The normalized spacial score (nSPS) is 14.4. The number of carbonyl (C=O) groups is 1. The number of amides is 1. The maximum atomic E-state index is 13.3. The molecule has 0 radical (unpaired) electrons. The highest BCUT2D eigenvalue weighted by atomic mass is 16.5. The molecule has 1 fully saturated rings. The first-order chi connectivity index (χ1) is 18.3. The van der Waals surface area contributed by atoms with Gasteiger partial charge in [0.15, 0.2) is 0 Å². The van der Waals surface area contributed by atoms with Gasteiger partial charge in [0.1, 0.15) is 23.0 Å². The fraction of sp³-hybridized carbons (Fsp3) is 0.276. The number of aryl methyl sites for hydroxylation is 2. The van der Waals surface area contributed by atoms with E-state index in [0.717, 1.165) is 44.9 Å². The van der Waals surface area contributed by atoms with E-state index in [1.54, 1.807) is 20.4 Å². The third-order valence-electron chi connectivity index (χ3n) is 7.34. The number of hydrogen-bond donors (Lipinski definition) is 1. The van der Waals surface area contributed by atoms with Crippen molar-refractivity contribution in [1.82, 2.24) is 18.9 Å². The number of rotatable bonds is 6. The van der Waals surface area contributed by atoms with Gasteiger partial charge < -0.3 is 24.1 Å². The van der Waals surface area contributed by atoms with Crippen molar-refractivity contribution in [2.45, 2.75) is 19.3 Å². The van der Waals surface area contributed by atoms with Crippen LogP contribution < -0.4 is 14.8 Å². The maximum absolute atomic E-state index is 13.3. The first kappa shape index (κ1) is 24.0. The summed E-state index contributed by atoms with van der Waals surface area (Å²) in [6, 6.07) is 13.3. The van der Waals surface area contributed by atoms with Crippen molar-refractivity contribution in [2.75, 3.05) is 32.8 Å². The average molecular weight is 512 g/mol. The van der Waals surface area contributed by atoms with Crippen LogP contribution in [0.4, 0.5) is 5.69 Å². The molecule has 0 saturated carbocycles. The lowest BCUT2D eigenvalue weighted by Gasteiger charge is -2.36. The fourth-order valence-electron chi connectivity index (χ4n) is 5.22. The number of aromatic nitrogens is 4. The SMILES string of the molecule is COc1cc(-c2nc(C3(C)COC3)n3ccnc(C)c23)ccc1NC(=O)c1cc2c(OC)cccc2n1C. The molecule has 1 aliphatic rings. The first-order valence-electron chi connectivity index (χ1n) is 12.4. The third-order valence-corrected chi connectivity index (χ3v) is 7.34. The van der Waals surface area contributed by atoms with Crippen molar-refractivity contribution >= 4 is 28.0 Å². The van der Waals surface area contributed by atoms with Gasteiger partial charge in [0.05, 0.1) is 61.0 Å². The second kappa shape index (κ2) is 8.88. The summed E-state index contributed by atoms with van der Waals surface area (Å²) in [6.07, 6.45) is 3.74. The zero-order valence-corrected chi connectivity index (χ0v) is 22.0. The highest BCUT2D eigenvalue weighted by Crippen LogP contribution is 2.38. The van der Waals surface area contributed by atoms with E-state index in [2.05, 4.69) is 21.6 Å². The second-order valence-corrected chi connectivity index (χ2v) is 9.92. The van der Waals surface area contributed by atoms with Crippen LogP contribution in [0.1, 0.15) is 28.9 Å². The summed E-state index contributed by atoms with van der Waals surface area (Å²) in [4.78, 5) is 22.9. The van der Waals surface area contributed by atoms with E-state index in [4.69, 9.17) is 19.2 Å². The maximum Gasteiger partial charge on any atom is 0.272 e. The number of carbonyl (C=O) groups excluding carboxylic acids is 1. The highest BCUT2D eigenvalue weighted by molar-refractivity contribution is 6.08. The van der Waals surface area contributed by atoms with Crippen molar-refractivity contribution < 1.29 is 19.0 Å². The smallest absolute Gasteiger partial charge is 0.272 e. The number of nitrogens with one attached hydrogen (secondary N) is 1. The zero-order valence-electron chi connectivity index (χ0n) is 22.0. The van der Waals surface area contributed by atoms with E-state index in [1.165, 1.54) is 0 Å². The minimum atomic E-state index is -0.246. The van der Waals surface area contributed by atoms with Gasteiger partial charge in [-0.05, 0) is 44.2 Å². The van der Waals surface area contributed by atoms with E-state index in [0.29, 0.717) is 30.3 Å². The number of methoxy groups -OCH3 is 2. The molecule has 3 aromatic heterocycles. The molecular weight excluding hydrogens is 482 g/mol. The zero-order chi connectivity index (χ0) is 26.6. The predicted octanol–water partition coefficient (Wildman–Crippen LogP) is 4.75. The molecule has 0 bridgehead atoms. The quantitative estimate of drug-likeness (QED) is 0.354. The second-order valence-electron chi connectivity index (χ2n) is 9.92. The van der Waals surface area contributed by atoms with Crippen LogP contribution in [0.2, 0.25) is 0 Å². The van der Waals surface area contributed by atoms with Crippen LogP contribution in [-0.4, -0.2) is 52.3 Å². The van der Waals surface area contributed by atoms with E-state index >= 15 is 0 Å². The van der Waals surface area contributed by atoms with Crippen LogP contribution in [-0.2, 0) is 17.2 Å². The number of benzene rings is 2. The minimum Gasteiger partial charge on any atom is -0.496 e. The van der Waals surface area contributed by atoms with Gasteiger partial charge in [-0.2, -0.15) is 0 Å². The summed E-state index contributed by atoms with van der Waals surface area (Å²) in [5, 5.41) is 3.89. The molecular formula is C29H29N5O4. The average Bonchev–Trinajstić information content (AvgIpc) is 3.47. The van der Waals surface area contributed by atoms with Crippen LogP contribution in [0.25, 0.3) is 27.7 Å². The molecule has 6 rings (SSSR count). The van der Waals surface area contributed by atoms with Gasteiger partial charge in [0.2, 0.25) is 0 Å². The Hall–Kier alpha value is -4.37. The van der Waals surface area contributed by atoms with Gasteiger partial charge in [0.25, 0.3) is 5.91 Å². The number of imidazole rings is 1. The molecule has 0 aliphatic carbocycles. The van der Waals surface area contributed by atoms with Gasteiger partial charge in [-0.15, -0.1) is 0 Å². The molecule has 9 heteroatoms. The fourth-order valence-corrected chi connectivity index (χ4v) is 5.22. The Kier molecular flexibility index (Phi) is 5.61. The molecule has 38 heavy (non-hydrogen) atoms. The molecule has 9 nitrogen and oxygen atoms in total. The molecule has 2 aromatic carbocycles. The van der Waals surface area contributed by atoms with Crippen LogP contribution in [0.3, 0.4) is 0 Å². The van der Waals surface area contributed by atoms with Crippen LogP contribution in [0.15, 0.2) is 54.9 Å². The molecule has 0 spiro atoms. The van der Waals surface area contributed by atoms with E-state index in [-0.39, 0.29) is 11.3 Å². The van der Waals surface area contributed by atoms with Gasteiger partial charge >= 0.3 is 0 Å². The summed E-state index contributed by atoms with van der Waals surface area (Å²) < 4.78 is 20.7. The lowest BCUT2D eigenvalue weighted by Crippen LogP contribution is -2.45. The molecule has 1 aliphatic heterocycles. The minimum absolute atomic E-state index is 0.158. The number of nitrogens with zero attached hydrogens (tertiary/aromatic N) is 4.